The van der Waals surface area contributed by atoms with Crippen LogP contribution < -0.4 is 11.1 Å². The minimum atomic E-state index is -0.664. The van der Waals surface area contributed by atoms with E-state index in [0.717, 1.165) is 0 Å². The molecule has 0 aliphatic carbocycles. The molecule has 37 heavy (non-hydrogen) atoms. The zero-order valence-corrected chi connectivity index (χ0v) is 20.3. The summed E-state index contributed by atoms with van der Waals surface area (Å²) in [6.07, 6.45) is 12.1. The number of benzene rings is 1. The topological polar surface area (TPSA) is 124 Å². The van der Waals surface area contributed by atoms with Gasteiger partial charge in [0.15, 0.2) is 5.84 Å². The van der Waals surface area contributed by atoms with Crippen molar-refractivity contribution in [3.05, 3.63) is 108 Å². The van der Waals surface area contributed by atoms with E-state index in [0.29, 0.717) is 40.5 Å². The third kappa shape index (κ3) is 7.64. The quantitative estimate of drug-likeness (QED) is 0.166. The lowest BCUT2D eigenvalue weighted by molar-refractivity contribution is 0.0965. The Hall–Kier alpha value is -4.70. The largest absolute Gasteiger partial charge is 0.443 e. The van der Waals surface area contributed by atoms with E-state index in [1.165, 1.54) is 18.7 Å². The summed E-state index contributed by atoms with van der Waals surface area (Å²) in [6, 6.07) is 10.4. The first-order valence-corrected chi connectivity index (χ1v) is 11.4. The number of hydrogen-bond donors (Lipinski definition) is 2. The van der Waals surface area contributed by atoms with E-state index in [4.69, 9.17) is 10.2 Å². The highest BCUT2D eigenvalue weighted by molar-refractivity contribution is 6.01. The molecule has 3 N–H and O–H groups in total. The number of amidine groups is 1. The van der Waals surface area contributed by atoms with Gasteiger partial charge in [-0.2, -0.15) is 5.10 Å². The first-order chi connectivity index (χ1) is 18.1. The van der Waals surface area contributed by atoms with Crippen LogP contribution in [0.3, 0.4) is 0 Å². The zero-order chi connectivity index (χ0) is 26.5. The molecule has 2 heterocycles. The number of aromatic nitrogens is 3. The molecule has 0 aliphatic rings. The Bertz CT molecular complexity index is 1320. The van der Waals surface area contributed by atoms with Gasteiger partial charge in [0.25, 0.3) is 5.91 Å². The maximum Gasteiger partial charge on any atom is 0.255 e. The summed E-state index contributed by atoms with van der Waals surface area (Å²) in [5.74, 6) is 0.155. The first kappa shape index (κ1) is 26.9. The molecule has 0 saturated carbocycles. The van der Waals surface area contributed by atoms with Crippen LogP contribution in [0, 0.1) is 0 Å². The Morgan fingerprint density at radius 1 is 1.30 bits per heavy atom. The molecule has 0 aliphatic heterocycles. The van der Waals surface area contributed by atoms with Gasteiger partial charge in [-0.3, -0.25) is 9.48 Å². The highest BCUT2D eigenvalue weighted by atomic mass is 19.1. The average molecular weight is 502 g/mol. The van der Waals surface area contributed by atoms with E-state index >= 15 is 0 Å². The van der Waals surface area contributed by atoms with E-state index < -0.39 is 6.67 Å². The fourth-order valence-electron chi connectivity index (χ4n) is 3.15. The van der Waals surface area contributed by atoms with Crippen molar-refractivity contribution in [1.29, 1.82) is 0 Å². The predicted octanol–water partition coefficient (Wildman–Crippen LogP) is 4.24. The molecule has 0 unspecified atom stereocenters. The minimum Gasteiger partial charge on any atom is -0.443 e. The van der Waals surface area contributed by atoms with Crippen LogP contribution in [0.5, 0.6) is 0 Å². The van der Waals surface area contributed by atoms with Crippen LogP contribution in [0.4, 0.5) is 4.39 Å². The van der Waals surface area contributed by atoms with Crippen molar-refractivity contribution in [1.82, 2.24) is 20.1 Å². The third-order valence-corrected chi connectivity index (χ3v) is 4.98. The highest BCUT2D eigenvalue weighted by Gasteiger charge is 2.17. The molecule has 0 saturated heterocycles. The van der Waals surface area contributed by atoms with Gasteiger partial charge in [-0.1, -0.05) is 42.5 Å². The number of rotatable bonds is 12. The fraction of sp³-hybridized carbons (Fsp3) is 0.148. The van der Waals surface area contributed by atoms with Crippen molar-refractivity contribution in [2.45, 2.75) is 13.0 Å². The summed E-state index contributed by atoms with van der Waals surface area (Å²) >= 11 is 0. The lowest BCUT2D eigenvalue weighted by atomic mass is 10.2. The Kier molecular flexibility index (Phi) is 10.2. The van der Waals surface area contributed by atoms with E-state index in [2.05, 4.69) is 38.7 Å². The Morgan fingerprint density at radius 3 is 2.76 bits per heavy atom. The number of halogens is 1. The van der Waals surface area contributed by atoms with Gasteiger partial charge in [0.2, 0.25) is 5.89 Å². The summed E-state index contributed by atoms with van der Waals surface area (Å²) in [4.78, 5) is 24.9. The maximum absolute atomic E-state index is 13.7. The lowest BCUT2D eigenvalue weighted by Crippen LogP contribution is -2.27. The molecular formula is C27H28FN7O2. The molecular weight excluding hydrogens is 473 g/mol. The molecule has 2 aromatic heterocycles. The van der Waals surface area contributed by atoms with Gasteiger partial charge in [0, 0.05) is 18.2 Å². The molecule has 10 heteroatoms. The van der Waals surface area contributed by atoms with Gasteiger partial charge in [-0.25, -0.2) is 19.4 Å². The van der Waals surface area contributed by atoms with Crippen LogP contribution in [0.15, 0.2) is 112 Å². The number of alkyl halides is 1. The molecule has 0 bridgehead atoms. The molecule has 0 spiro atoms. The Balaban J connectivity index is 1.90. The van der Waals surface area contributed by atoms with E-state index in [9.17, 15) is 9.18 Å². The summed E-state index contributed by atoms with van der Waals surface area (Å²) < 4.78 is 20.7. The fourth-order valence-corrected chi connectivity index (χ4v) is 3.15. The van der Waals surface area contributed by atoms with Gasteiger partial charge in [0.1, 0.15) is 24.3 Å². The molecule has 0 fully saturated rings. The van der Waals surface area contributed by atoms with Crippen LogP contribution in [-0.2, 0) is 6.54 Å². The number of carbonyl (C=O) groups excluding carboxylic acids is 1. The minimum absolute atomic E-state index is 0.0343. The number of nitrogens with one attached hydrogen (secondary N) is 1. The Morgan fingerprint density at radius 2 is 2.11 bits per heavy atom. The molecule has 1 amide bonds. The summed E-state index contributed by atoms with van der Waals surface area (Å²) in [5, 5.41) is 7.27. The van der Waals surface area contributed by atoms with Crippen molar-refractivity contribution >= 4 is 18.5 Å². The number of hydrogen-bond acceptors (Lipinski definition) is 6. The molecule has 9 nitrogen and oxygen atoms in total. The van der Waals surface area contributed by atoms with Crippen molar-refractivity contribution in [3.63, 3.8) is 0 Å². The standard InChI is InChI=1S/C27H28FN7O2/c1-3-4-5-7-10-20(16-28)19-35-24(27-31-13-14-37-27)15-23(34-35)25(30-2)32-18-22(17-29)33-26(36)21-11-8-6-9-12-21/h3,5-15,18H,1-2,4,16-17,19,29H2,(H,33,36)/b7-5-,20-10+,22-18+,32-25?. The molecule has 1 aromatic carbocycles. The summed E-state index contributed by atoms with van der Waals surface area (Å²) in [7, 11) is 0. The van der Waals surface area contributed by atoms with Crippen molar-refractivity contribution < 1.29 is 13.6 Å². The van der Waals surface area contributed by atoms with E-state index in [1.54, 1.807) is 53.2 Å². The monoisotopic (exact) mass is 501 g/mol. The third-order valence-electron chi connectivity index (χ3n) is 4.98. The van der Waals surface area contributed by atoms with Gasteiger partial charge < -0.3 is 15.5 Å². The number of aliphatic imine (C=N–C) groups is 2. The van der Waals surface area contributed by atoms with Crippen LogP contribution in [-0.4, -0.2) is 46.4 Å². The van der Waals surface area contributed by atoms with Crippen molar-refractivity contribution in [2.24, 2.45) is 15.7 Å². The lowest BCUT2D eigenvalue weighted by Gasteiger charge is -2.07. The van der Waals surface area contributed by atoms with Crippen LogP contribution in [0.2, 0.25) is 0 Å². The second-order valence-corrected chi connectivity index (χ2v) is 7.61. The van der Waals surface area contributed by atoms with Crippen molar-refractivity contribution in [2.75, 3.05) is 13.2 Å². The van der Waals surface area contributed by atoms with E-state index in [1.807, 2.05) is 12.1 Å². The normalized spacial score (nSPS) is 12.6. The molecule has 3 rings (SSSR count). The maximum atomic E-state index is 13.7. The van der Waals surface area contributed by atoms with E-state index in [-0.39, 0.29) is 24.8 Å². The van der Waals surface area contributed by atoms with Gasteiger partial charge in [0.05, 0.1) is 24.6 Å². The first-order valence-electron chi connectivity index (χ1n) is 11.4. The van der Waals surface area contributed by atoms with Gasteiger partial charge in [-0.05, 0) is 30.8 Å². The molecule has 190 valence electrons. The Labute approximate surface area is 214 Å². The zero-order valence-electron chi connectivity index (χ0n) is 20.3. The number of amides is 1. The second-order valence-electron chi connectivity index (χ2n) is 7.61. The number of carbonyl (C=O) groups is 1. The van der Waals surface area contributed by atoms with Crippen LogP contribution in [0.1, 0.15) is 22.5 Å². The summed E-state index contributed by atoms with van der Waals surface area (Å²) in [6.45, 7) is 6.76. The smallest absolute Gasteiger partial charge is 0.255 e. The van der Waals surface area contributed by atoms with Crippen LogP contribution >= 0.6 is 0 Å². The number of oxazole rings is 1. The average Bonchev–Trinajstić information content (AvgIpc) is 3.61. The number of nitrogens with zero attached hydrogens (tertiary/aromatic N) is 5. The number of nitrogens with two attached hydrogens (primary N) is 1. The predicted molar refractivity (Wildman–Crippen MR) is 143 cm³/mol. The number of allylic oxidation sites excluding steroid dienone is 5. The molecule has 3 aromatic rings. The summed E-state index contributed by atoms with van der Waals surface area (Å²) in [5.41, 5.74) is 8.00. The SMILES string of the molecule is C=CC/C=C\C=C(/CF)Cn1nc(C(N=C)=N/C=C(\CN)NC(=O)c2ccccc2)cc1-c1ncco1. The van der Waals surface area contributed by atoms with Gasteiger partial charge in [-0.15, -0.1) is 6.58 Å². The van der Waals surface area contributed by atoms with Crippen LogP contribution in [0.25, 0.3) is 11.6 Å². The molecule has 0 atom stereocenters. The van der Waals surface area contributed by atoms with Crippen molar-refractivity contribution in [3.8, 4) is 11.6 Å². The second kappa shape index (κ2) is 14.0. The molecule has 0 radical (unpaired) electrons. The van der Waals surface area contributed by atoms with Gasteiger partial charge >= 0.3 is 0 Å². The highest BCUT2D eigenvalue weighted by Crippen LogP contribution is 2.21.